The standard InChI is InChI=1S/C29H26N6O/c1-19-9-12-35(18-19)25-14-20(2)13-24(16-25)32-28(36)22-7-6-21(3)27(15-22)34-29-31-11-8-26(33-29)23-5-4-10-30-17-23/h4-18H,1-3H3,(H,32,36)(H,31,33,34)/i13D,14D,16D. The molecule has 0 unspecified atom stereocenters. The van der Waals surface area contributed by atoms with Gasteiger partial charge >= 0.3 is 0 Å². The molecule has 36 heavy (non-hydrogen) atoms. The number of carbonyl (C=O) groups excluding carboxylic acids is 1. The predicted octanol–water partition coefficient (Wildman–Crippen LogP) is 6.25. The molecule has 0 radical (unpaired) electrons. The van der Waals surface area contributed by atoms with Crippen LogP contribution in [0.1, 0.15) is 31.2 Å². The van der Waals surface area contributed by atoms with E-state index >= 15 is 0 Å². The molecule has 7 nitrogen and oxygen atoms in total. The van der Waals surface area contributed by atoms with Crippen molar-refractivity contribution in [2.24, 2.45) is 0 Å². The zero-order chi connectivity index (χ0) is 27.7. The summed E-state index contributed by atoms with van der Waals surface area (Å²) in [5.41, 5.74) is 5.13. The topological polar surface area (TPSA) is 84.7 Å². The van der Waals surface area contributed by atoms with Gasteiger partial charge in [-0.15, -0.1) is 0 Å². The van der Waals surface area contributed by atoms with E-state index in [2.05, 4.69) is 25.6 Å². The number of rotatable bonds is 6. The van der Waals surface area contributed by atoms with Gasteiger partial charge in [0.05, 0.1) is 9.81 Å². The fraction of sp³-hybridized carbons (Fsp3) is 0.103. The number of aryl methyl sites for hydroxylation is 2. The molecule has 2 aromatic carbocycles. The first-order valence-electron chi connectivity index (χ1n) is 12.9. The Morgan fingerprint density at radius 1 is 1.00 bits per heavy atom. The molecule has 0 saturated heterocycles. The van der Waals surface area contributed by atoms with Crippen LogP contribution < -0.4 is 10.6 Å². The number of carbonyl (C=O) groups is 1. The summed E-state index contributed by atoms with van der Waals surface area (Å²) in [6.45, 7) is 5.47. The van der Waals surface area contributed by atoms with Crippen molar-refractivity contribution in [1.29, 1.82) is 0 Å². The second-order valence-electron chi connectivity index (χ2n) is 8.44. The lowest BCUT2D eigenvalue weighted by molar-refractivity contribution is 0.102. The summed E-state index contributed by atoms with van der Waals surface area (Å²) < 4.78 is 27.4. The number of pyridine rings is 1. The van der Waals surface area contributed by atoms with E-state index in [4.69, 9.17) is 4.11 Å². The highest BCUT2D eigenvalue weighted by molar-refractivity contribution is 6.05. The molecule has 3 heterocycles. The van der Waals surface area contributed by atoms with Crippen LogP contribution in [0.2, 0.25) is 0 Å². The molecular weight excluding hydrogens is 448 g/mol. The highest BCUT2D eigenvalue weighted by Gasteiger charge is 2.12. The number of anilines is 3. The van der Waals surface area contributed by atoms with E-state index in [9.17, 15) is 4.79 Å². The molecule has 0 fully saturated rings. The Balaban J connectivity index is 1.44. The zero-order valence-corrected chi connectivity index (χ0v) is 20.1. The summed E-state index contributed by atoms with van der Waals surface area (Å²) in [4.78, 5) is 26.3. The van der Waals surface area contributed by atoms with Crippen LogP contribution in [0, 0.1) is 20.8 Å². The van der Waals surface area contributed by atoms with E-state index < -0.39 is 5.91 Å². The second-order valence-corrected chi connectivity index (χ2v) is 8.44. The number of nitrogens with zero attached hydrogens (tertiary/aromatic N) is 4. The first-order valence-corrected chi connectivity index (χ1v) is 11.4. The van der Waals surface area contributed by atoms with E-state index in [1.807, 2.05) is 38.2 Å². The number of aromatic nitrogens is 4. The summed E-state index contributed by atoms with van der Waals surface area (Å²) in [6, 6.07) is 12.5. The summed E-state index contributed by atoms with van der Waals surface area (Å²) >= 11 is 0. The summed E-state index contributed by atoms with van der Waals surface area (Å²) in [5, 5.41) is 5.93. The maximum atomic E-state index is 13.3. The average molecular weight is 478 g/mol. The van der Waals surface area contributed by atoms with Crippen molar-refractivity contribution in [1.82, 2.24) is 19.5 Å². The van der Waals surface area contributed by atoms with E-state index in [0.29, 0.717) is 34.1 Å². The fourth-order valence-electron chi connectivity index (χ4n) is 3.71. The predicted molar refractivity (Wildman–Crippen MR) is 143 cm³/mol. The van der Waals surface area contributed by atoms with Gasteiger partial charge in [0.1, 0.15) is 0 Å². The smallest absolute Gasteiger partial charge is 0.255 e. The Hall–Kier alpha value is -4.78. The molecule has 0 aliphatic carbocycles. The van der Waals surface area contributed by atoms with Crippen LogP contribution in [0.15, 0.2) is 91.6 Å². The Kier molecular flexibility index (Phi) is 5.33. The minimum atomic E-state index is -0.475. The molecule has 0 bridgehead atoms. The van der Waals surface area contributed by atoms with Crippen molar-refractivity contribution >= 4 is 23.2 Å². The van der Waals surface area contributed by atoms with Gasteiger partial charge in [0.15, 0.2) is 0 Å². The minimum Gasteiger partial charge on any atom is -0.324 e. The van der Waals surface area contributed by atoms with Crippen LogP contribution in [0.3, 0.4) is 0 Å². The van der Waals surface area contributed by atoms with Crippen molar-refractivity contribution in [2.45, 2.75) is 20.8 Å². The van der Waals surface area contributed by atoms with E-state index in [1.54, 1.807) is 60.5 Å². The first kappa shape index (κ1) is 19.5. The molecule has 2 N–H and O–H groups in total. The maximum Gasteiger partial charge on any atom is 0.255 e. The molecule has 0 saturated carbocycles. The fourth-order valence-corrected chi connectivity index (χ4v) is 3.71. The lowest BCUT2D eigenvalue weighted by Gasteiger charge is -2.13. The van der Waals surface area contributed by atoms with E-state index in [-0.39, 0.29) is 23.8 Å². The molecule has 0 spiro atoms. The van der Waals surface area contributed by atoms with Crippen molar-refractivity contribution in [3.05, 3.63) is 114 Å². The number of amides is 1. The van der Waals surface area contributed by atoms with Gasteiger partial charge in [-0.05, 0) is 92.0 Å². The Morgan fingerprint density at radius 3 is 2.67 bits per heavy atom. The quantitative estimate of drug-likeness (QED) is 0.302. The number of hydrogen-bond acceptors (Lipinski definition) is 5. The molecule has 7 heteroatoms. The number of hydrogen-bond donors (Lipinski definition) is 2. The van der Waals surface area contributed by atoms with E-state index in [1.165, 1.54) is 0 Å². The van der Waals surface area contributed by atoms with Crippen LogP contribution >= 0.6 is 0 Å². The highest BCUT2D eigenvalue weighted by Crippen LogP contribution is 2.24. The Labute approximate surface area is 214 Å². The normalized spacial score (nSPS) is 11.9. The van der Waals surface area contributed by atoms with Crippen LogP contribution in [-0.2, 0) is 0 Å². The van der Waals surface area contributed by atoms with Crippen LogP contribution in [0.4, 0.5) is 17.3 Å². The zero-order valence-electron chi connectivity index (χ0n) is 23.1. The number of benzene rings is 2. The second kappa shape index (κ2) is 9.84. The summed E-state index contributed by atoms with van der Waals surface area (Å²) in [7, 11) is 0. The monoisotopic (exact) mass is 477 g/mol. The third kappa shape index (κ3) is 5.15. The van der Waals surface area contributed by atoms with E-state index in [0.717, 1.165) is 16.7 Å². The van der Waals surface area contributed by atoms with Gasteiger partial charge in [-0.2, -0.15) is 0 Å². The van der Waals surface area contributed by atoms with Gasteiger partial charge in [-0.3, -0.25) is 9.78 Å². The van der Waals surface area contributed by atoms with Gasteiger partial charge in [0, 0.05) is 59.2 Å². The minimum absolute atomic E-state index is 0.0532. The van der Waals surface area contributed by atoms with Crippen molar-refractivity contribution in [3.63, 3.8) is 0 Å². The molecule has 5 rings (SSSR count). The molecule has 3 aromatic heterocycles. The van der Waals surface area contributed by atoms with Crippen molar-refractivity contribution in [3.8, 4) is 16.9 Å². The summed E-state index contributed by atoms with van der Waals surface area (Å²) in [6.07, 6.45) is 8.64. The van der Waals surface area contributed by atoms with Crippen LogP contribution in [-0.4, -0.2) is 25.4 Å². The largest absolute Gasteiger partial charge is 0.324 e. The first-order chi connectivity index (χ1) is 18.7. The lowest BCUT2D eigenvalue weighted by Crippen LogP contribution is -2.13. The van der Waals surface area contributed by atoms with Gasteiger partial charge in [-0.1, -0.05) is 6.07 Å². The van der Waals surface area contributed by atoms with Gasteiger partial charge in [0.2, 0.25) is 5.95 Å². The van der Waals surface area contributed by atoms with Gasteiger partial charge in [-0.25, -0.2) is 9.97 Å². The van der Waals surface area contributed by atoms with Crippen LogP contribution in [0.5, 0.6) is 0 Å². The molecule has 0 atom stereocenters. The maximum absolute atomic E-state index is 13.3. The third-order valence-corrected chi connectivity index (χ3v) is 5.56. The molecule has 1 amide bonds. The van der Waals surface area contributed by atoms with Crippen molar-refractivity contribution < 1.29 is 8.91 Å². The molecule has 0 aliphatic rings. The SMILES string of the molecule is [2H]c1c(C)c([2H])c(-n2ccc(C)c2)c([2H])c1NC(=O)c1ccc(C)c(Nc2nccc(-c3cccnc3)n2)c1. The van der Waals surface area contributed by atoms with Gasteiger partial charge < -0.3 is 15.2 Å². The molecule has 0 aliphatic heterocycles. The molecular formula is C29H26N6O. The summed E-state index contributed by atoms with van der Waals surface area (Å²) in [5.74, 6) is -0.107. The Bertz CT molecular complexity index is 1700. The van der Waals surface area contributed by atoms with Gasteiger partial charge in [0.25, 0.3) is 5.91 Å². The molecule has 178 valence electrons. The van der Waals surface area contributed by atoms with Crippen LogP contribution in [0.25, 0.3) is 16.9 Å². The third-order valence-electron chi connectivity index (χ3n) is 5.56. The Morgan fingerprint density at radius 2 is 1.89 bits per heavy atom. The average Bonchev–Trinajstić information content (AvgIpc) is 3.37. The number of nitrogens with one attached hydrogen (secondary N) is 2. The highest BCUT2D eigenvalue weighted by atomic mass is 16.1. The van der Waals surface area contributed by atoms with Crippen molar-refractivity contribution in [2.75, 3.05) is 10.6 Å². The molecule has 5 aromatic rings. The lowest BCUT2D eigenvalue weighted by atomic mass is 10.1.